The third-order valence-corrected chi connectivity index (χ3v) is 3.92. The summed E-state index contributed by atoms with van der Waals surface area (Å²) in [6, 6.07) is 0. The maximum atomic E-state index is 11.4. The van der Waals surface area contributed by atoms with E-state index >= 15 is 0 Å². The Labute approximate surface area is 84.9 Å². The van der Waals surface area contributed by atoms with Crippen LogP contribution >= 0.6 is 0 Å². The SMILES string of the molecule is CCCS(=O)(=O)CCn1ccnc1C. The molecular formula is C9H16N2O2S. The highest BCUT2D eigenvalue weighted by Crippen LogP contribution is 1.99. The number of hydrogen-bond acceptors (Lipinski definition) is 3. The summed E-state index contributed by atoms with van der Waals surface area (Å²) >= 11 is 0. The molecule has 1 rings (SSSR count). The average Bonchev–Trinajstić information content (AvgIpc) is 2.48. The molecule has 1 aromatic rings. The second kappa shape index (κ2) is 4.59. The molecule has 0 aliphatic heterocycles. The number of sulfone groups is 1. The average molecular weight is 216 g/mol. The third kappa shape index (κ3) is 3.14. The summed E-state index contributed by atoms with van der Waals surface area (Å²) in [5.74, 6) is 1.34. The predicted molar refractivity (Wildman–Crippen MR) is 55.9 cm³/mol. The summed E-state index contributed by atoms with van der Waals surface area (Å²) in [6.07, 6.45) is 4.17. The lowest BCUT2D eigenvalue weighted by Crippen LogP contribution is -2.16. The van der Waals surface area contributed by atoms with Gasteiger partial charge < -0.3 is 4.57 Å². The van der Waals surface area contributed by atoms with E-state index in [1.807, 2.05) is 18.4 Å². The second-order valence-corrected chi connectivity index (χ2v) is 5.62. The second-order valence-electron chi connectivity index (χ2n) is 3.32. The molecule has 0 unspecified atom stereocenters. The lowest BCUT2D eigenvalue weighted by Gasteiger charge is -2.05. The van der Waals surface area contributed by atoms with Crippen LogP contribution in [0.2, 0.25) is 0 Å². The van der Waals surface area contributed by atoms with Gasteiger partial charge in [-0.15, -0.1) is 0 Å². The molecule has 0 bridgehead atoms. The number of aromatic nitrogens is 2. The van der Waals surface area contributed by atoms with Gasteiger partial charge in [-0.1, -0.05) is 6.92 Å². The molecule has 4 nitrogen and oxygen atoms in total. The first kappa shape index (κ1) is 11.2. The van der Waals surface area contributed by atoms with Crippen molar-refractivity contribution < 1.29 is 8.42 Å². The van der Waals surface area contributed by atoms with Crippen molar-refractivity contribution in [2.24, 2.45) is 0 Å². The van der Waals surface area contributed by atoms with Gasteiger partial charge in [0.15, 0.2) is 9.84 Å². The maximum absolute atomic E-state index is 11.4. The summed E-state index contributed by atoms with van der Waals surface area (Å²) in [4.78, 5) is 4.03. The Morgan fingerprint density at radius 1 is 1.43 bits per heavy atom. The first-order valence-electron chi connectivity index (χ1n) is 4.73. The van der Waals surface area contributed by atoms with Crippen LogP contribution in [-0.2, 0) is 16.4 Å². The van der Waals surface area contributed by atoms with Gasteiger partial charge in [0, 0.05) is 24.7 Å². The summed E-state index contributed by atoms with van der Waals surface area (Å²) in [6.45, 7) is 4.25. The van der Waals surface area contributed by atoms with E-state index in [0.717, 1.165) is 5.82 Å². The van der Waals surface area contributed by atoms with Crippen molar-refractivity contribution >= 4 is 9.84 Å². The van der Waals surface area contributed by atoms with E-state index in [2.05, 4.69) is 4.98 Å². The maximum Gasteiger partial charge on any atom is 0.152 e. The van der Waals surface area contributed by atoms with E-state index in [4.69, 9.17) is 0 Å². The van der Waals surface area contributed by atoms with Gasteiger partial charge in [-0.05, 0) is 13.3 Å². The number of nitrogens with zero attached hydrogens (tertiary/aromatic N) is 2. The van der Waals surface area contributed by atoms with Crippen molar-refractivity contribution in [3.8, 4) is 0 Å². The Morgan fingerprint density at radius 2 is 2.14 bits per heavy atom. The normalized spacial score (nSPS) is 11.9. The Morgan fingerprint density at radius 3 is 2.64 bits per heavy atom. The van der Waals surface area contributed by atoms with Gasteiger partial charge in [-0.25, -0.2) is 13.4 Å². The fourth-order valence-corrected chi connectivity index (χ4v) is 2.59. The van der Waals surface area contributed by atoms with E-state index in [0.29, 0.717) is 13.0 Å². The number of rotatable bonds is 5. The molecule has 0 saturated heterocycles. The minimum Gasteiger partial charge on any atom is -0.334 e. The number of aryl methyl sites for hydroxylation is 2. The van der Waals surface area contributed by atoms with Crippen molar-refractivity contribution in [1.82, 2.24) is 9.55 Å². The zero-order chi connectivity index (χ0) is 10.6. The Hall–Kier alpha value is -0.840. The lowest BCUT2D eigenvalue weighted by atomic mass is 10.6. The molecule has 0 fully saturated rings. The largest absolute Gasteiger partial charge is 0.334 e. The van der Waals surface area contributed by atoms with Crippen LogP contribution in [0.1, 0.15) is 19.2 Å². The highest BCUT2D eigenvalue weighted by molar-refractivity contribution is 7.91. The molecule has 0 atom stereocenters. The van der Waals surface area contributed by atoms with Crippen LogP contribution < -0.4 is 0 Å². The minimum absolute atomic E-state index is 0.206. The lowest BCUT2D eigenvalue weighted by molar-refractivity contribution is 0.586. The first-order chi connectivity index (χ1) is 6.55. The molecule has 0 amide bonds. The molecule has 0 aliphatic carbocycles. The quantitative estimate of drug-likeness (QED) is 0.738. The molecule has 0 saturated carbocycles. The van der Waals surface area contributed by atoms with Crippen LogP contribution in [-0.4, -0.2) is 29.5 Å². The minimum atomic E-state index is -2.87. The summed E-state index contributed by atoms with van der Waals surface area (Å²) in [5, 5.41) is 0. The highest BCUT2D eigenvalue weighted by atomic mass is 32.2. The molecule has 1 heterocycles. The molecule has 0 radical (unpaired) electrons. The Bertz CT molecular complexity index is 381. The topological polar surface area (TPSA) is 52.0 Å². The smallest absolute Gasteiger partial charge is 0.152 e. The van der Waals surface area contributed by atoms with Crippen molar-refractivity contribution in [3.05, 3.63) is 18.2 Å². The van der Waals surface area contributed by atoms with E-state index in [-0.39, 0.29) is 11.5 Å². The molecule has 14 heavy (non-hydrogen) atoms. The van der Waals surface area contributed by atoms with Crippen molar-refractivity contribution in [2.75, 3.05) is 11.5 Å². The van der Waals surface area contributed by atoms with E-state index in [1.165, 1.54) is 0 Å². The molecule has 0 N–H and O–H groups in total. The van der Waals surface area contributed by atoms with Gasteiger partial charge in [0.1, 0.15) is 5.82 Å². The summed E-state index contributed by atoms with van der Waals surface area (Å²) < 4.78 is 24.7. The summed E-state index contributed by atoms with van der Waals surface area (Å²) in [7, 11) is -2.87. The number of hydrogen-bond donors (Lipinski definition) is 0. The molecule has 80 valence electrons. The molecule has 1 aromatic heterocycles. The molecular weight excluding hydrogens is 200 g/mol. The van der Waals surface area contributed by atoms with Crippen molar-refractivity contribution in [3.63, 3.8) is 0 Å². The van der Waals surface area contributed by atoms with Gasteiger partial charge in [-0.2, -0.15) is 0 Å². The van der Waals surface area contributed by atoms with Crippen molar-refractivity contribution in [1.29, 1.82) is 0 Å². The van der Waals surface area contributed by atoms with Crippen LogP contribution in [0.25, 0.3) is 0 Å². The van der Waals surface area contributed by atoms with E-state index in [9.17, 15) is 8.42 Å². The fourth-order valence-electron chi connectivity index (χ4n) is 1.29. The Balaban J connectivity index is 2.53. The van der Waals surface area contributed by atoms with Crippen LogP contribution in [0, 0.1) is 6.92 Å². The van der Waals surface area contributed by atoms with E-state index < -0.39 is 9.84 Å². The van der Waals surface area contributed by atoms with Crippen LogP contribution in [0.4, 0.5) is 0 Å². The van der Waals surface area contributed by atoms with Crippen LogP contribution in [0.5, 0.6) is 0 Å². The standard InChI is InChI=1S/C9H16N2O2S/c1-3-7-14(12,13)8-6-11-5-4-10-9(11)2/h4-5H,3,6-8H2,1-2H3. The first-order valence-corrected chi connectivity index (χ1v) is 6.55. The van der Waals surface area contributed by atoms with Gasteiger partial charge in [0.05, 0.1) is 5.75 Å². The van der Waals surface area contributed by atoms with Crippen LogP contribution in [0.15, 0.2) is 12.4 Å². The fraction of sp³-hybridized carbons (Fsp3) is 0.667. The zero-order valence-electron chi connectivity index (χ0n) is 8.60. The van der Waals surface area contributed by atoms with Crippen LogP contribution in [0.3, 0.4) is 0 Å². The van der Waals surface area contributed by atoms with E-state index in [1.54, 1.807) is 12.4 Å². The zero-order valence-corrected chi connectivity index (χ0v) is 9.42. The molecule has 0 aliphatic rings. The molecule has 5 heteroatoms. The van der Waals surface area contributed by atoms with Gasteiger partial charge in [0.2, 0.25) is 0 Å². The summed E-state index contributed by atoms with van der Waals surface area (Å²) in [5.41, 5.74) is 0. The Kier molecular flexibility index (Phi) is 3.69. The third-order valence-electron chi connectivity index (χ3n) is 2.08. The molecule has 0 spiro atoms. The predicted octanol–water partition coefficient (Wildman–Crippen LogP) is 1.02. The number of imidazole rings is 1. The van der Waals surface area contributed by atoms with Crippen molar-refractivity contribution in [2.45, 2.75) is 26.8 Å². The monoisotopic (exact) mass is 216 g/mol. The van der Waals surface area contributed by atoms with Gasteiger partial charge in [0.25, 0.3) is 0 Å². The molecule has 0 aromatic carbocycles. The van der Waals surface area contributed by atoms with Gasteiger partial charge >= 0.3 is 0 Å². The van der Waals surface area contributed by atoms with Gasteiger partial charge in [-0.3, -0.25) is 0 Å². The highest BCUT2D eigenvalue weighted by Gasteiger charge is 2.09.